The number of fused-ring (bicyclic) bond motifs is 1. The summed E-state index contributed by atoms with van der Waals surface area (Å²) in [5, 5.41) is 6.32. The highest BCUT2D eigenvalue weighted by Gasteiger charge is 2.33. The third-order valence-corrected chi connectivity index (χ3v) is 6.34. The quantitative estimate of drug-likeness (QED) is 0.639. The van der Waals surface area contributed by atoms with Crippen LogP contribution in [0.15, 0.2) is 24.3 Å². The number of nitrogens with one attached hydrogen (secondary N) is 2. The molecule has 1 heterocycles. The molecule has 0 aliphatic heterocycles. The van der Waals surface area contributed by atoms with Crippen LogP contribution in [0.1, 0.15) is 60.1 Å². The zero-order chi connectivity index (χ0) is 24.3. The van der Waals surface area contributed by atoms with Crippen LogP contribution in [0.25, 0.3) is 0 Å². The highest BCUT2D eigenvalue weighted by atomic mass is 19.4. The number of carbonyl (C=O) groups is 1. The molecule has 1 aromatic heterocycles. The van der Waals surface area contributed by atoms with Crippen LogP contribution in [0.4, 0.5) is 24.9 Å². The van der Waals surface area contributed by atoms with Gasteiger partial charge in [-0.05, 0) is 63.5 Å². The van der Waals surface area contributed by atoms with Gasteiger partial charge in [-0.25, -0.2) is 4.98 Å². The molecular weight excluding hydrogens is 447 g/mol. The Bertz CT molecular complexity index is 1020. The van der Waals surface area contributed by atoms with Crippen molar-refractivity contribution in [3.63, 3.8) is 0 Å². The number of aryl methyl sites for hydroxylation is 1. The minimum atomic E-state index is -4.86. The van der Waals surface area contributed by atoms with Crippen molar-refractivity contribution in [2.75, 3.05) is 24.3 Å². The van der Waals surface area contributed by atoms with Gasteiger partial charge < -0.3 is 20.3 Å². The molecular formula is C24H30F3N5O2. The maximum absolute atomic E-state index is 12.7. The fourth-order valence-electron chi connectivity index (χ4n) is 4.70. The van der Waals surface area contributed by atoms with E-state index in [1.54, 1.807) is 0 Å². The average molecular weight is 478 g/mol. The predicted molar refractivity (Wildman–Crippen MR) is 123 cm³/mol. The summed E-state index contributed by atoms with van der Waals surface area (Å²) in [6.07, 6.45) is 2.41. The molecule has 184 valence electrons. The molecule has 1 saturated carbocycles. The van der Waals surface area contributed by atoms with Crippen molar-refractivity contribution in [3.8, 4) is 5.75 Å². The number of ether oxygens (including phenoxy) is 1. The van der Waals surface area contributed by atoms with Crippen molar-refractivity contribution < 1.29 is 22.7 Å². The van der Waals surface area contributed by atoms with E-state index in [-0.39, 0.29) is 17.6 Å². The van der Waals surface area contributed by atoms with Crippen molar-refractivity contribution in [1.29, 1.82) is 0 Å². The monoisotopic (exact) mass is 477 g/mol. The van der Waals surface area contributed by atoms with Crippen LogP contribution in [0.3, 0.4) is 0 Å². The van der Waals surface area contributed by atoms with Gasteiger partial charge >= 0.3 is 6.36 Å². The normalized spacial score (nSPS) is 20.3. The summed E-state index contributed by atoms with van der Waals surface area (Å²) in [5.41, 5.74) is 2.23. The van der Waals surface area contributed by atoms with Gasteiger partial charge in [0, 0.05) is 31.7 Å². The molecule has 0 unspecified atom stereocenters. The number of halogens is 3. The lowest BCUT2D eigenvalue weighted by molar-refractivity contribution is -0.274. The minimum Gasteiger partial charge on any atom is -0.405 e. The summed E-state index contributed by atoms with van der Waals surface area (Å²) >= 11 is 0. The molecule has 2 N–H and O–H groups in total. The molecule has 34 heavy (non-hydrogen) atoms. The first-order chi connectivity index (χ1) is 16.2. The third kappa shape index (κ3) is 5.90. The number of para-hydroxylation sites is 1. The lowest BCUT2D eigenvalue weighted by atomic mass is 9.91. The number of rotatable bonds is 6. The molecule has 2 aromatic rings. The second-order valence-electron chi connectivity index (χ2n) is 9.11. The summed E-state index contributed by atoms with van der Waals surface area (Å²) in [6, 6.07) is 5.44. The van der Waals surface area contributed by atoms with Crippen molar-refractivity contribution >= 4 is 17.7 Å². The topological polar surface area (TPSA) is 79.4 Å². The highest BCUT2D eigenvalue weighted by molar-refractivity contribution is 5.97. The van der Waals surface area contributed by atoms with Gasteiger partial charge in [0.2, 0.25) is 5.95 Å². The Labute approximate surface area is 197 Å². The summed E-state index contributed by atoms with van der Waals surface area (Å²) in [4.78, 5) is 24.2. The van der Waals surface area contributed by atoms with E-state index >= 15 is 0 Å². The number of carbonyl (C=O) groups excluding carboxylic acids is 1. The molecule has 1 fully saturated rings. The van der Waals surface area contributed by atoms with Gasteiger partial charge in [0.15, 0.2) is 0 Å². The Morgan fingerprint density at radius 2 is 1.71 bits per heavy atom. The second-order valence-corrected chi connectivity index (χ2v) is 9.11. The first-order valence-corrected chi connectivity index (χ1v) is 11.7. The number of benzene rings is 1. The molecule has 0 atom stereocenters. The minimum absolute atomic E-state index is 0.119. The fourth-order valence-corrected chi connectivity index (χ4v) is 4.70. The maximum Gasteiger partial charge on any atom is 0.573 e. The number of alkyl halides is 3. The molecule has 0 bridgehead atoms. The summed E-state index contributed by atoms with van der Waals surface area (Å²) in [5.74, 6) is 0.539. The first-order valence-electron chi connectivity index (χ1n) is 11.7. The van der Waals surface area contributed by atoms with Crippen LogP contribution in [-0.2, 0) is 12.8 Å². The van der Waals surface area contributed by atoms with Gasteiger partial charge in [0.25, 0.3) is 5.91 Å². The molecule has 0 radical (unpaired) electrons. The van der Waals surface area contributed by atoms with Crippen LogP contribution in [-0.4, -0.2) is 48.4 Å². The number of hydrogen-bond donors (Lipinski definition) is 2. The van der Waals surface area contributed by atoms with Gasteiger partial charge in [-0.2, -0.15) is 4.98 Å². The Hall–Kier alpha value is -3.04. The van der Waals surface area contributed by atoms with E-state index in [4.69, 9.17) is 9.97 Å². The summed E-state index contributed by atoms with van der Waals surface area (Å²) in [6.45, 7) is 0. The summed E-state index contributed by atoms with van der Waals surface area (Å²) in [7, 11) is 3.99. The fraction of sp³-hybridized carbons (Fsp3) is 0.542. The highest BCUT2D eigenvalue weighted by Crippen LogP contribution is 2.30. The van der Waals surface area contributed by atoms with E-state index < -0.39 is 18.0 Å². The van der Waals surface area contributed by atoms with Gasteiger partial charge in [-0.15, -0.1) is 13.2 Å². The molecule has 4 rings (SSSR count). The Morgan fingerprint density at radius 3 is 2.41 bits per heavy atom. The van der Waals surface area contributed by atoms with Crippen LogP contribution in [0, 0.1) is 0 Å². The van der Waals surface area contributed by atoms with Crippen LogP contribution < -0.4 is 20.3 Å². The number of amides is 1. The molecule has 1 amide bonds. The number of nitrogens with zero attached hydrogens (tertiary/aromatic N) is 3. The maximum atomic E-state index is 12.7. The molecule has 0 spiro atoms. The van der Waals surface area contributed by atoms with Crippen molar-refractivity contribution in [2.45, 2.75) is 69.8 Å². The molecule has 1 aromatic carbocycles. The molecule has 10 heteroatoms. The zero-order valence-electron chi connectivity index (χ0n) is 19.4. The third-order valence-electron chi connectivity index (χ3n) is 6.34. The van der Waals surface area contributed by atoms with Gasteiger partial charge in [0.05, 0.1) is 11.3 Å². The Balaban J connectivity index is 1.35. The first kappa shape index (κ1) is 24.1. The standard InChI is InChI=1S/C24H30F3N5O2/c1-32(2)21-17-7-3-5-9-19(17)30-23(31-21)29-16-13-11-15(12-14-16)28-22(33)18-8-4-6-10-20(18)34-24(25,26)27/h4,6,8,10,15-16H,3,5,7,9,11-14H2,1-2H3,(H,28,33)(H,29,30,31). The van der Waals surface area contributed by atoms with E-state index in [9.17, 15) is 18.0 Å². The number of hydrogen-bond acceptors (Lipinski definition) is 6. The largest absolute Gasteiger partial charge is 0.573 e. The smallest absolute Gasteiger partial charge is 0.405 e. The van der Waals surface area contributed by atoms with Gasteiger partial charge in [-0.3, -0.25) is 4.79 Å². The second kappa shape index (κ2) is 10.1. The van der Waals surface area contributed by atoms with Crippen molar-refractivity contribution in [3.05, 3.63) is 41.1 Å². The molecule has 2 aliphatic carbocycles. The van der Waals surface area contributed by atoms with E-state index in [0.717, 1.165) is 56.1 Å². The lowest BCUT2D eigenvalue weighted by Gasteiger charge is -2.30. The molecule has 0 saturated heterocycles. The van der Waals surface area contributed by atoms with Crippen LogP contribution in [0.5, 0.6) is 5.75 Å². The SMILES string of the molecule is CN(C)c1nc(NC2CCC(NC(=O)c3ccccc3OC(F)(F)F)CC2)nc2c1CCCC2. The van der Waals surface area contributed by atoms with E-state index in [1.165, 1.54) is 23.8 Å². The lowest BCUT2D eigenvalue weighted by Crippen LogP contribution is -2.40. The Morgan fingerprint density at radius 1 is 1.03 bits per heavy atom. The van der Waals surface area contributed by atoms with Crippen LogP contribution in [0.2, 0.25) is 0 Å². The van der Waals surface area contributed by atoms with Crippen molar-refractivity contribution in [2.24, 2.45) is 0 Å². The Kier molecular flexibility index (Phi) is 7.13. The zero-order valence-corrected chi connectivity index (χ0v) is 19.4. The number of anilines is 2. The van der Waals surface area contributed by atoms with E-state index in [0.29, 0.717) is 18.8 Å². The average Bonchev–Trinajstić information content (AvgIpc) is 2.79. The van der Waals surface area contributed by atoms with Crippen molar-refractivity contribution in [1.82, 2.24) is 15.3 Å². The molecule has 2 aliphatic rings. The van der Waals surface area contributed by atoms with Gasteiger partial charge in [0.1, 0.15) is 11.6 Å². The van der Waals surface area contributed by atoms with E-state index in [2.05, 4.69) is 15.4 Å². The van der Waals surface area contributed by atoms with Crippen LogP contribution >= 0.6 is 0 Å². The van der Waals surface area contributed by atoms with Gasteiger partial charge in [-0.1, -0.05) is 12.1 Å². The molecule has 7 nitrogen and oxygen atoms in total. The van der Waals surface area contributed by atoms with E-state index in [1.807, 2.05) is 19.0 Å². The predicted octanol–water partition coefficient (Wildman–Crippen LogP) is 4.47. The number of aromatic nitrogens is 2. The summed E-state index contributed by atoms with van der Waals surface area (Å²) < 4.78 is 42.0.